The Morgan fingerprint density at radius 1 is 1.30 bits per heavy atom. The Morgan fingerprint density at radius 3 is 2.75 bits per heavy atom. The monoisotopic (exact) mass is 275 g/mol. The molecule has 0 unspecified atom stereocenters. The summed E-state index contributed by atoms with van der Waals surface area (Å²) in [5.74, 6) is 0. The zero-order valence-electron chi connectivity index (χ0n) is 13.5. The molecule has 0 radical (unpaired) electrons. The van der Waals surface area contributed by atoms with Gasteiger partial charge in [-0.2, -0.15) is 5.10 Å². The molecule has 1 aliphatic carbocycles. The highest BCUT2D eigenvalue weighted by Crippen LogP contribution is 2.24. The number of aromatic nitrogens is 2. The van der Waals surface area contributed by atoms with Crippen LogP contribution in [0.4, 0.5) is 0 Å². The second kappa shape index (κ2) is 6.57. The van der Waals surface area contributed by atoms with Crippen molar-refractivity contribution in [2.75, 3.05) is 6.54 Å². The predicted octanol–water partition coefficient (Wildman–Crippen LogP) is 3.70. The topological polar surface area (TPSA) is 29.9 Å². The minimum atomic E-state index is 0.115. The molecule has 0 aromatic carbocycles. The van der Waals surface area contributed by atoms with Gasteiger partial charge in [-0.3, -0.25) is 4.68 Å². The molecule has 20 heavy (non-hydrogen) atoms. The van der Waals surface area contributed by atoms with E-state index in [-0.39, 0.29) is 5.41 Å². The van der Waals surface area contributed by atoms with Gasteiger partial charge in [0.25, 0.3) is 0 Å². The molecule has 0 fully saturated rings. The summed E-state index contributed by atoms with van der Waals surface area (Å²) in [6.45, 7) is 8.68. The van der Waals surface area contributed by atoms with Crippen molar-refractivity contribution in [2.45, 2.75) is 64.8 Å². The lowest BCUT2D eigenvalue weighted by Crippen LogP contribution is -2.20. The van der Waals surface area contributed by atoms with Crippen LogP contribution < -0.4 is 5.32 Å². The van der Waals surface area contributed by atoms with Crippen LogP contribution in [0.1, 0.15) is 64.1 Å². The van der Waals surface area contributed by atoms with E-state index in [1.807, 2.05) is 11.7 Å². The van der Waals surface area contributed by atoms with E-state index in [1.165, 1.54) is 43.4 Å². The summed E-state index contributed by atoms with van der Waals surface area (Å²) in [6, 6.07) is 0. The smallest absolute Gasteiger partial charge is 0.0722 e. The molecule has 0 spiro atoms. The molecule has 0 bridgehead atoms. The number of aryl methyl sites for hydroxylation is 1. The second-order valence-electron chi connectivity index (χ2n) is 6.96. The molecule has 3 nitrogen and oxygen atoms in total. The van der Waals surface area contributed by atoms with E-state index < -0.39 is 0 Å². The summed E-state index contributed by atoms with van der Waals surface area (Å²) in [5.41, 5.74) is 4.30. The number of allylic oxidation sites excluding steroid dienone is 1. The van der Waals surface area contributed by atoms with Crippen LogP contribution in [-0.2, 0) is 19.0 Å². The number of rotatable bonds is 5. The third kappa shape index (κ3) is 4.20. The van der Waals surface area contributed by atoms with Crippen LogP contribution in [0.3, 0.4) is 0 Å². The summed E-state index contributed by atoms with van der Waals surface area (Å²) in [4.78, 5) is 0. The van der Waals surface area contributed by atoms with Crippen molar-refractivity contribution in [1.82, 2.24) is 15.1 Å². The Bertz CT molecular complexity index is 463. The Labute approximate surface area is 123 Å². The molecule has 0 saturated carbocycles. The van der Waals surface area contributed by atoms with E-state index in [0.717, 1.165) is 13.1 Å². The van der Waals surface area contributed by atoms with Crippen LogP contribution in [-0.4, -0.2) is 16.3 Å². The quantitative estimate of drug-likeness (QED) is 0.656. The fraction of sp³-hybridized carbons (Fsp3) is 0.706. The van der Waals surface area contributed by atoms with Crippen molar-refractivity contribution < 1.29 is 0 Å². The van der Waals surface area contributed by atoms with E-state index in [9.17, 15) is 0 Å². The molecule has 1 aromatic heterocycles. The standard InChI is InChI=1S/C17H29N3/c1-17(2,3)16-15(13-20(4)19-16)12-18-11-10-14-8-6-5-7-9-14/h8,13,18H,5-7,9-12H2,1-4H3. The van der Waals surface area contributed by atoms with Gasteiger partial charge in [-0.15, -0.1) is 0 Å². The molecular formula is C17H29N3. The molecule has 0 aliphatic heterocycles. The highest BCUT2D eigenvalue weighted by molar-refractivity contribution is 5.23. The fourth-order valence-corrected chi connectivity index (χ4v) is 2.90. The molecule has 1 N–H and O–H groups in total. The largest absolute Gasteiger partial charge is 0.312 e. The average Bonchev–Trinajstić information content (AvgIpc) is 2.77. The van der Waals surface area contributed by atoms with Gasteiger partial charge in [-0.05, 0) is 38.6 Å². The molecular weight excluding hydrogens is 246 g/mol. The Balaban J connectivity index is 1.83. The minimum Gasteiger partial charge on any atom is -0.312 e. The van der Waals surface area contributed by atoms with E-state index in [1.54, 1.807) is 5.57 Å². The van der Waals surface area contributed by atoms with Gasteiger partial charge in [-0.1, -0.05) is 32.4 Å². The normalized spacial score (nSPS) is 16.3. The van der Waals surface area contributed by atoms with Gasteiger partial charge in [-0.25, -0.2) is 0 Å². The van der Waals surface area contributed by atoms with Crippen molar-refractivity contribution in [3.63, 3.8) is 0 Å². The third-order valence-corrected chi connectivity index (χ3v) is 3.94. The molecule has 1 heterocycles. The molecule has 0 amide bonds. The highest BCUT2D eigenvalue weighted by atomic mass is 15.3. The minimum absolute atomic E-state index is 0.115. The van der Waals surface area contributed by atoms with E-state index in [0.29, 0.717) is 0 Å². The molecule has 2 rings (SSSR count). The zero-order chi connectivity index (χ0) is 14.6. The Kier molecular flexibility index (Phi) is 5.03. The summed E-state index contributed by atoms with van der Waals surface area (Å²) < 4.78 is 1.93. The average molecular weight is 275 g/mol. The third-order valence-electron chi connectivity index (χ3n) is 3.94. The lowest BCUT2D eigenvalue weighted by molar-refractivity contribution is 0.543. The van der Waals surface area contributed by atoms with Crippen molar-refractivity contribution in [3.05, 3.63) is 29.1 Å². The van der Waals surface area contributed by atoms with Crippen LogP contribution in [0, 0.1) is 0 Å². The Hall–Kier alpha value is -1.09. The van der Waals surface area contributed by atoms with Gasteiger partial charge in [0, 0.05) is 30.8 Å². The molecule has 0 atom stereocenters. The summed E-state index contributed by atoms with van der Waals surface area (Å²) in [6.07, 6.45) is 11.1. The van der Waals surface area contributed by atoms with Crippen LogP contribution >= 0.6 is 0 Å². The van der Waals surface area contributed by atoms with E-state index >= 15 is 0 Å². The van der Waals surface area contributed by atoms with Gasteiger partial charge in [0.1, 0.15) is 0 Å². The maximum atomic E-state index is 4.62. The van der Waals surface area contributed by atoms with Crippen molar-refractivity contribution in [1.29, 1.82) is 0 Å². The first-order valence-corrected chi connectivity index (χ1v) is 7.88. The van der Waals surface area contributed by atoms with Gasteiger partial charge in [0.05, 0.1) is 5.69 Å². The van der Waals surface area contributed by atoms with E-state index in [4.69, 9.17) is 0 Å². The first-order valence-electron chi connectivity index (χ1n) is 7.88. The van der Waals surface area contributed by atoms with Crippen LogP contribution in [0.25, 0.3) is 0 Å². The predicted molar refractivity (Wildman–Crippen MR) is 84.8 cm³/mol. The van der Waals surface area contributed by atoms with Crippen molar-refractivity contribution in [3.8, 4) is 0 Å². The molecule has 0 saturated heterocycles. The zero-order valence-corrected chi connectivity index (χ0v) is 13.5. The molecule has 112 valence electrons. The first kappa shape index (κ1) is 15.3. The van der Waals surface area contributed by atoms with Crippen molar-refractivity contribution in [2.24, 2.45) is 7.05 Å². The van der Waals surface area contributed by atoms with Crippen LogP contribution in [0.5, 0.6) is 0 Å². The number of nitrogens with one attached hydrogen (secondary N) is 1. The number of hydrogen-bond acceptors (Lipinski definition) is 2. The lowest BCUT2D eigenvalue weighted by atomic mass is 9.89. The summed E-state index contributed by atoms with van der Waals surface area (Å²) in [7, 11) is 2.01. The highest BCUT2D eigenvalue weighted by Gasteiger charge is 2.21. The second-order valence-corrected chi connectivity index (χ2v) is 6.96. The van der Waals surface area contributed by atoms with Gasteiger partial charge in [0.2, 0.25) is 0 Å². The SMILES string of the molecule is Cn1cc(CNCCC2=CCCCC2)c(C(C)(C)C)n1. The first-order chi connectivity index (χ1) is 9.47. The summed E-state index contributed by atoms with van der Waals surface area (Å²) >= 11 is 0. The van der Waals surface area contributed by atoms with Crippen molar-refractivity contribution >= 4 is 0 Å². The molecule has 1 aliphatic rings. The van der Waals surface area contributed by atoms with E-state index in [2.05, 4.69) is 43.5 Å². The van der Waals surface area contributed by atoms with Gasteiger partial charge < -0.3 is 5.32 Å². The summed E-state index contributed by atoms with van der Waals surface area (Å²) in [5, 5.41) is 8.20. The lowest BCUT2D eigenvalue weighted by Gasteiger charge is -2.18. The number of hydrogen-bond donors (Lipinski definition) is 1. The van der Waals surface area contributed by atoms with Crippen LogP contribution in [0.15, 0.2) is 17.8 Å². The van der Waals surface area contributed by atoms with Gasteiger partial charge >= 0.3 is 0 Å². The van der Waals surface area contributed by atoms with Crippen LogP contribution in [0.2, 0.25) is 0 Å². The maximum absolute atomic E-state index is 4.62. The molecule has 3 heteroatoms. The molecule has 1 aromatic rings. The van der Waals surface area contributed by atoms with Gasteiger partial charge in [0.15, 0.2) is 0 Å². The maximum Gasteiger partial charge on any atom is 0.0722 e. The Morgan fingerprint density at radius 2 is 2.10 bits per heavy atom. The fourth-order valence-electron chi connectivity index (χ4n) is 2.90. The number of nitrogens with zero attached hydrogens (tertiary/aromatic N) is 2.